The number of carbonyl (C=O) groups is 2. The molecule has 8 heteroatoms. The first kappa shape index (κ1) is 26.8. The van der Waals surface area contributed by atoms with Crippen molar-refractivity contribution in [3.8, 4) is 22.3 Å². The fourth-order valence-corrected chi connectivity index (χ4v) is 5.33. The molecule has 1 aliphatic heterocycles. The molecule has 2 amide bonds. The van der Waals surface area contributed by atoms with Crippen LogP contribution in [0.3, 0.4) is 0 Å². The van der Waals surface area contributed by atoms with Crippen LogP contribution >= 0.6 is 11.6 Å². The number of nitrogens with zero attached hydrogens (tertiary/aromatic N) is 3. The van der Waals surface area contributed by atoms with Crippen LogP contribution in [0, 0.1) is 0 Å². The lowest BCUT2D eigenvalue weighted by Crippen LogP contribution is -2.43. The Morgan fingerprint density at radius 2 is 1.77 bits per heavy atom. The van der Waals surface area contributed by atoms with Crippen LogP contribution < -0.4 is 5.32 Å². The van der Waals surface area contributed by atoms with Crippen LogP contribution in [0.25, 0.3) is 33.2 Å². The Morgan fingerprint density at radius 1 is 1.08 bits per heavy atom. The zero-order valence-corrected chi connectivity index (χ0v) is 23.5. The third-order valence-electron chi connectivity index (χ3n) is 6.90. The van der Waals surface area contributed by atoms with E-state index in [2.05, 4.69) is 16.5 Å². The van der Waals surface area contributed by atoms with Crippen LogP contribution in [0.2, 0.25) is 5.02 Å². The van der Waals surface area contributed by atoms with Crippen molar-refractivity contribution in [3.63, 3.8) is 0 Å². The molecule has 4 aromatic rings. The third kappa shape index (κ3) is 5.93. The Hall–Kier alpha value is -3.84. The lowest BCUT2D eigenvalue weighted by atomic mass is 9.96. The van der Waals surface area contributed by atoms with E-state index in [9.17, 15) is 9.59 Å². The number of aromatic nitrogens is 2. The number of rotatable bonds is 6. The smallest absolute Gasteiger partial charge is 0.410 e. The molecule has 1 atom stereocenters. The highest BCUT2D eigenvalue weighted by Gasteiger charge is 2.28. The normalized spacial score (nSPS) is 15.4. The Kier molecular flexibility index (Phi) is 7.36. The molecule has 0 spiro atoms. The Labute approximate surface area is 233 Å². The second-order valence-corrected chi connectivity index (χ2v) is 11.4. The van der Waals surface area contributed by atoms with Gasteiger partial charge in [0.2, 0.25) is 5.91 Å². The predicted octanol–water partition coefficient (Wildman–Crippen LogP) is 6.58. The molecule has 1 N–H and O–H groups in total. The van der Waals surface area contributed by atoms with Gasteiger partial charge in [-0.2, -0.15) is 5.10 Å². The average molecular weight is 545 g/mol. The third-order valence-corrected chi connectivity index (χ3v) is 7.30. The van der Waals surface area contributed by atoms with Crippen molar-refractivity contribution in [2.24, 2.45) is 7.05 Å². The molecule has 1 saturated heterocycles. The molecule has 1 aromatic heterocycles. The van der Waals surface area contributed by atoms with Gasteiger partial charge in [-0.25, -0.2) is 4.79 Å². The van der Waals surface area contributed by atoms with Gasteiger partial charge in [-0.05, 0) is 49.9 Å². The zero-order valence-electron chi connectivity index (χ0n) is 22.7. The summed E-state index contributed by atoms with van der Waals surface area (Å²) in [5, 5.41) is 9.08. The SMILES string of the molecule is Cn1ncc2c(-c3cccc(-c4ccc(CN(C[C@@H]5CCC(=O)N5)C(=O)OC(C)(C)C)cc4)c3Cl)cccc21. The summed E-state index contributed by atoms with van der Waals surface area (Å²) in [5.74, 6) is 0.0207. The van der Waals surface area contributed by atoms with Crippen molar-refractivity contribution >= 4 is 34.5 Å². The molecule has 7 nitrogen and oxygen atoms in total. The highest BCUT2D eigenvalue weighted by atomic mass is 35.5. The van der Waals surface area contributed by atoms with Gasteiger partial charge in [0.15, 0.2) is 0 Å². The van der Waals surface area contributed by atoms with Crippen LogP contribution in [-0.2, 0) is 23.1 Å². The first-order valence-corrected chi connectivity index (χ1v) is 13.5. The van der Waals surface area contributed by atoms with Crippen LogP contribution in [0.4, 0.5) is 4.79 Å². The van der Waals surface area contributed by atoms with E-state index in [1.807, 2.05) is 93.3 Å². The van der Waals surface area contributed by atoms with Gasteiger partial charge in [-0.15, -0.1) is 0 Å². The van der Waals surface area contributed by atoms with Crippen molar-refractivity contribution < 1.29 is 14.3 Å². The number of benzene rings is 3. The van der Waals surface area contributed by atoms with E-state index in [1.54, 1.807) is 4.90 Å². The Balaban J connectivity index is 1.39. The number of ether oxygens (including phenoxy) is 1. The molecule has 0 bridgehead atoms. The minimum absolute atomic E-state index is 0.0207. The average Bonchev–Trinajstić information content (AvgIpc) is 3.48. The number of aryl methyl sites for hydroxylation is 1. The second-order valence-electron chi connectivity index (χ2n) is 11.0. The van der Waals surface area contributed by atoms with Crippen molar-refractivity contribution in [2.75, 3.05) is 6.54 Å². The molecular formula is C31H33ClN4O3. The quantitative estimate of drug-likeness (QED) is 0.297. The van der Waals surface area contributed by atoms with E-state index < -0.39 is 11.7 Å². The molecule has 202 valence electrons. The summed E-state index contributed by atoms with van der Waals surface area (Å²) < 4.78 is 7.51. The summed E-state index contributed by atoms with van der Waals surface area (Å²) in [5.41, 5.74) is 5.30. The van der Waals surface area contributed by atoms with Gasteiger partial charge in [-0.3, -0.25) is 9.48 Å². The first-order valence-electron chi connectivity index (χ1n) is 13.2. The van der Waals surface area contributed by atoms with E-state index in [1.165, 1.54) is 0 Å². The first-order chi connectivity index (χ1) is 18.6. The molecule has 0 saturated carbocycles. The topological polar surface area (TPSA) is 76.5 Å². The Bertz CT molecular complexity index is 1520. The summed E-state index contributed by atoms with van der Waals surface area (Å²) >= 11 is 6.99. The molecule has 2 heterocycles. The number of fused-ring (bicyclic) bond motifs is 1. The number of amides is 2. The minimum Gasteiger partial charge on any atom is -0.444 e. The van der Waals surface area contributed by atoms with Gasteiger partial charge < -0.3 is 15.0 Å². The molecule has 1 aliphatic rings. The highest BCUT2D eigenvalue weighted by Crippen LogP contribution is 2.39. The Morgan fingerprint density at radius 3 is 2.46 bits per heavy atom. The number of halogens is 1. The zero-order chi connectivity index (χ0) is 27.7. The van der Waals surface area contributed by atoms with E-state index in [0.717, 1.165) is 38.7 Å². The molecule has 5 rings (SSSR count). The van der Waals surface area contributed by atoms with Crippen LogP contribution in [0.1, 0.15) is 39.2 Å². The molecule has 0 radical (unpaired) electrons. The molecule has 1 fully saturated rings. The number of hydrogen-bond donors (Lipinski definition) is 1. The van der Waals surface area contributed by atoms with E-state index in [-0.39, 0.29) is 11.9 Å². The van der Waals surface area contributed by atoms with Gasteiger partial charge in [0.25, 0.3) is 0 Å². The number of nitrogens with one attached hydrogen (secondary N) is 1. The van der Waals surface area contributed by atoms with Crippen molar-refractivity contribution in [2.45, 2.75) is 51.8 Å². The second kappa shape index (κ2) is 10.7. The number of carbonyl (C=O) groups excluding carboxylic acids is 2. The van der Waals surface area contributed by atoms with E-state index in [4.69, 9.17) is 16.3 Å². The maximum Gasteiger partial charge on any atom is 0.410 e. The minimum atomic E-state index is -0.611. The fourth-order valence-electron chi connectivity index (χ4n) is 5.00. The standard InChI is InChI=1S/C31H33ClN4O3/c1-31(2,3)39-30(38)36(19-22-15-16-28(37)34-22)18-20-11-13-21(14-12-20)23-7-5-9-25(29(23)32)24-8-6-10-27-26(24)17-33-35(27)4/h5-14,17,22H,15-16,18-19H2,1-4H3,(H,34,37)/t22-/m0/s1. The maximum atomic E-state index is 13.0. The van der Waals surface area contributed by atoms with E-state index in [0.29, 0.717) is 31.0 Å². The monoisotopic (exact) mass is 544 g/mol. The molecule has 0 unspecified atom stereocenters. The lowest BCUT2D eigenvalue weighted by Gasteiger charge is -2.29. The summed E-state index contributed by atoms with van der Waals surface area (Å²) in [6, 6.07) is 20.2. The van der Waals surface area contributed by atoms with Crippen LogP contribution in [-0.4, -0.2) is 44.9 Å². The van der Waals surface area contributed by atoms with Crippen molar-refractivity contribution in [1.82, 2.24) is 20.0 Å². The maximum absolute atomic E-state index is 13.0. The lowest BCUT2D eigenvalue weighted by molar-refractivity contribution is -0.119. The summed E-state index contributed by atoms with van der Waals surface area (Å²) in [4.78, 5) is 26.4. The predicted molar refractivity (Wildman–Crippen MR) is 154 cm³/mol. The van der Waals surface area contributed by atoms with Crippen molar-refractivity contribution in [1.29, 1.82) is 0 Å². The molecule has 0 aliphatic carbocycles. The summed E-state index contributed by atoms with van der Waals surface area (Å²) in [7, 11) is 1.93. The summed E-state index contributed by atoms with van der Waals surface area (Å²) in [6.07, 6.45) is 2.67. The van der Waals surface area contributed by atoms with Gasteiger partial charge in [0.1, 0.15) is 5.60 Å². The summed E-state index contributed by atoms with van der Waals surface area (Å²) in [6.45, 7) is 6.32. The van der Waals surface area contributed by atoms with Gasteiger partial charge >= 0.3 is 6.09 Å². The van der Waals surface area contributed by atoms with Crippen LogP contribution in [0.15, 0.2) is 66.9 Å². The van der Waals surface area contributed by atoms with Crippen molar-refractivity contribution in [3.05, 3.63) is 77.4 Å². The van der Waals surface area contributed by atoms with Crippen LogP contribution in [0.5, 0.6) is 0 Å². The molecule has 3 aromatic carbocycles. The largest absolute Gasteiger partial charge is 0.444 e. The molecular weight excluding hydrogens is 512 g/mol. The molecule has 39 heavy (non-hydrogen) atoms. The number of hydrogen-bond acceptors (Lipinski definition) is 4. The van der Waals surface area contributed by atoms with Gasteiger partial charge in [-0.1, -0.05) is 66.2 Å². The van der Waals surface area contributed by atoms with E-state index >= 15 is 0 Å². The van der Waals surface area contributed by atoms with Gasteiger partial charge in [0, 0.05) is 49.1 Å². The fraction of sp³-hybridized carbons (Fsp3) is 0.323. The highest BCUT2D eigenvalue weighted by molar-refractivity contribution is 6.36. The van der Waals surface area contributed by atoms with Gasteiger partial charge in [0.05, 0.1) is 16.7 Å².